The standard InChI is InChI=1S/C9H7N3O/c10-8-5-11-9(13)6-3-1-2-4-7(6)12-8/h1-5H,(H2,10,12). The summed E-state index contributed by atoms with van der Waals surface area (Å²) < 4.78 is 0. The van der Waals surface area contributed by atoms with Crippen LogP contribution in [0.4, 0.5) is 5.82 Å². The topological polar surface area (TPSA) is 68.9 Å². The molecule has 0 aliphatic carbocycles. The van der Waals surface area contributed by atoms with E-state index in [1.165, 1.54) is 6.20 Å². The molecule has 13 heavy (non-hydrogen) atoms. The molecule has 0 aliphatic rings. The van der Waals surface area contributed by atoms with E-state index in [1.54, 1.807) is 24.3 Å². The van der Waals surface area contributed by atoms with Crippen LogP contribution in [0.5, 0.6) is 0 Å². The van der Waals surface area contributed by atoms with Gasteiger partial charge < -0.3 is 5.73 Å². The van der Waals surface area contributed by atoms with Crippen LogP contribution in [0.2, 0.25) is 0 Å². The molecule has 2 aromatic rings. The number of fused-ring (bicyclic) bond motifs is 1. The van der Waals surface area contributed by atoms with Crippen LogP contribution < -0.4 is 11.3 Å². The van der Waals surface area contributed by atoms with Crippen molar-refractivity contribution >= 4 is 16.7 Å². The number of nitrogens with zero attached hydrogens (tertiary/aromatic N) is 2. The van der Waals surface area contributed by atoms with Crippen molar-refractivity contribution < 1.29 is 0 Å². The Kier molecular flexibility index (Phi) is 1.66. The summed E-state index contributed by atoms with van der Waals surface area (Å²) in [7, 11) is 0. The Morgan fingerprint density at radius 2 is 2.00 bits per heavy atom. The lowest BCUT2D eigenvalue weighted by molar-refractivity contribution is 1.28. The molecule has 0 aliphatic heterocycles. The average molecular weight is 173 g/mol. The number of benzene rings is 1. The van der Waals surface area contributed by atoms with Crippen LogP contribution in [0.3, 0.4) is 0 Å². The Balaban J connectivity index is 3.04. The molecule has 4 heteroatoms. The van der Waals surface area contributed by atoms with Crippen LogP contribution in [0.1, 0.15) is 0 Å². The third kappa shape index (κ3) is 1.33. The fourth-order valence-electron chi connectivity index (χ4n) is 1.11. The zero-order chi connectivity index (χ0) is 9.26. The number of hydrogen-bond acceptors (Lipinski definition) is 4. The number of nitrogen functional groups attached to an aromatic ring is 1. The van der Waals surface area contributed by atoms with Crippen LogP contribution >= 0.6 is 0 Å². The van der Waals surface area contributed by atoms with E-state index in [1.807, 2.05) is 0 Å². The monoisotopic (exact) mass is 173 g/mol. The molecule has 1 aromatic carbocycles. The number of anilines is 1. The molecule has 0 bridgehead atoms. The van der Waals surface area contributed by atoms with Crippen LogP contribution in [0.15, 0.2) is 35.3 Å². The van der Waals surface area contributed by atoms with Crippen LogP contribution in [-0.2, 0) is 0 Å². The van der Waals surface area contributed by atoms with E-state index >= 15 is 0 Å². The van der Waals surface area contributed by atoms with E-state index < -0.39 is 0 Å². The molecular formula is C9H7N3O. The molecule has 64 valence electrons. The summed E-state index contributed by atoms with van der Waals surface area (Å²) in [6, 6.07) is 6.98. The quantitative estimate of drug-likeness (QED) is 0.632. The van der Waals surface area contributed by atoms with Gasteiger partial charge in [-0.25, -0.2) is 9.97 Å². The predicted octanol–water partition coefficient (Wildman–Crippen LogP) is 0.572. The van der Waals surface area contributed by atoms with Gasteiger partial charge in [0.25, 0.3) is 5.56 Å². The first-order chi connectivity index (χ1) is 6.27. The number of rotatable bonds is 0. The summed E-state index contributed by atoms with van der Waals surface area (Å²) in [4.78, 5) is 19.0. The fraction of sp³-hybridized carbons (Fsp3) is 0. The van der Waals surface area contributed by atoms with E-state index in [-0.39, 0.29) is 11.4 Å². The lowest BCUT2D eigenvalue weighted by Crippen LogP contribution is -2.00. The van der Waals surface area contributed by atoms with Gasteiger partial charge in [-0.05, 0) is 12.1 Å². The zero-order valence-electron chi connectivity index (χ0n) is 6.77. The summed E-state index contributed by atoms with van der Waals surface area (Å²) in [5.41, 5.74) is 5.73. The minimum atomic E-state index is -0.306. The second-order valence-electron chi connectivity index (χ2n) is 2.62. The summed E-state index contributed by atoms with van der Waals surface area (Å²) >= 11 is 0. The Hall–Kier alpha value is -1.97. The minimum Gasteiger partial charge on any atom is -0.382 e. The first-order valence-corrected chi connectivity index (χ1v) is 3.79. The van der Waals surface area contributed by atoms with Gasteiger partial charge in [0, 0.05) is 0 Å². The molecule has 0 fully saturated rings. The van der Waals surface area contributed by atoms with Gasteiger partial charge in [0.1, 0.15) is 5.82 Å². The first-order valence-electron chi connectivity index (χ1n) is 3.79. The van der Waals surface area contributed by atoms with E-state index in [2.05, 4.69) is 9.97 Å². The summed E-state index contributed by atoms with van der Waals surface area (Å²) in [6.45, 7) is 0. The third-order valence-corrected chi connectivity index (χ3v) is 1.70. The highest BCUT2D eigenvalue weighted by atomic mass is 16.1. The van der Waals surface area contributed by atoms with Crippen LogP contribution in [-0.4, -0.2) is 9.97 Å². The smallest absolute Gasteiger partial charge is 0.279 e. The maximum Gasteiger partial charge on any atom is 0.279 e. The molecule has 4 nitrogen and oxygen atoms in total. The van der Waals surface area contributed by atoms with E-state index in [0.717, 1.165) is 0 Å². The Labute approximate surface area is 74.1 Å². The molecule has 0 radical (unpaired) electrons. The van der Waals surface area contributed by atoms with Gasteiger partial charge in [-0.2, -0.15) is 0 Å². The second kappa shape index (κ2) is 2.82. The maximum atomic E-state index is 11.3. The summed E-state index contributed by atoms with van der Waals surface area (Å²) in [5.74, 6) is 0.248. The highest BCUT2D eigenvalue weighted by Gasteiger charge is 1.96. The zero-order valence-corrected chi connectivity index (χ0v) is 6.77. The van der Waals surface area contributed by atoms with E-state index in [4.69, 9.17) is 5.73 Å². The highest BCUT2D eigenvalue weighted by Crippen LogP contribution is 2.05. The van der Waals surface area contributed by atoms with Gasteiger partial charge in [-0.3, -0.25) is 4.79 Å². The Morgan fingerprint density at radius 1 is 1.23 bits per heavy atom. The van der Waals surface area contributed by atoms with Crippen LogP contribution in [0, 0.1) is 0 Å². The van der Waals surface area contributed by atoms with Gasteiger partial charge in [0.2, 0.25) is 0 Å². The van der Waals surface area contributed by atoms with Crippen molar-refractivity contribution in [2.24, 2.45) is 0 Å². The molecule has 0 amide bonds. The number of hydrogen-bond donors (Lipinski definition) is 1. The van der Waals surface area contributed by atoms with Crippen molar-refractivity contribution in [3.8, 4) is 0 Å². The summed E-state index contributed by atoms with van der Waals surface area (Å²) in [5, 5.41) is 0.485. The number of para-hydroxylation sites is 1. The van der Waals surface area contributed by atoms with Crippen molar-refractivity contribution in [3.63, 3.8) is 0 Å². The minimum absolute atomic E-state index is 0.248. The molecular weight excluding hydrogens is 166 g/mol. The number of nitrogens with two attached hydrogens (primary N) is 1. The molecule has 0 saturated carbocycles. The molecule has 0 spiro atoms. The molecule has 0 unspecified atom stereocenters. The van der Waals surface area contributed by atoms with Gasteiger partial charge in [0.05, 0.1) is 17.1 Å². The third-order valence-electron chi connectivity index (χ3n) is 1.70. The lowest BCUT2D eigenvalue weighted by atomic mass is 10.2. The lowest BCUT2D eigenvalue weighted by Gasteiger charge is -1.87. The second-order valence-corrected chi connectivity index (χ2v) is 2.62. The van der Waals surface area contributed by atoms with Crippen molar-refractivity contribution in [1.29, 1.82) is 0 Å². The molecule has 1 heterocycles. The van der Waals surface area contributed by atoms with Gasteiger partial charge >= 0.3 is 0 Å². The molecule has 2 rings (SSSR count). The normalized spacial score (nSPS) is 10.2. The van der Waals surface area contributed by atoms with E-state index in [0.29, 0.717) is 10.9 Å². The average Bonchev–Trinajstić information content (AvgIpc) is 2.27. The van der Waals surface area contributed by atoms with Crippen molar-refractivity contribution in [2.45, 2.75) is 0 Å². The largest absolute Gasteiger partial charge is 0.382 e. The van der Waals surface area contributed by atoms with Gasteiger partial charge in [-0.1, -0.05) is 12.1 Å². The molecule has 0 saturated heterocycles. The van der Waals surface area contributed by atoms with Crippen molar-refractivity contribution in [3.05, 3.63) is 40.8 Å². The van der Waals surface area contributed by atoms with E-state index in [9.17, 15) is 4.79 Å². The van der Waals surface area contributed by atoms with Crippen LogP contribution in [0.25, 0.3) is 10.9 Å². The Bertz CT molecular complexity index is 510. The summed E-state index contributed by atoms with van der Waals surface area (Å²) in [6.07, 6.45) is 1.27. The van der Waals surface area contributed by atoms with Gasteiger partial charge in [-0.15, -0.1) is 0 Å². The molecule has 2 N–H and O–H groups in total. The fourth-order valence-corrected chi connectivity index (χ4v) is 1.11. The number of aromatic nitrogens is 2. The highest BCUT2D eigenvalue weighted by molar-refractivity contribution is 5.77. The first kappa shape index (κ1) is 7.67. The van der Waals surface area contributed by atoms with Crippen molar-refractivity contribution in [1.82, 2.24) is 9.97 Å². The predicted molar refractivity (Wildman–Crippen MR) is 50.2 cm³/mol. The van der Waals surface area contributed by atoms with Crippen molar-refractivity contribution in [2.75, 3.05) is 5.73 Å². The SMILES string of the molecule is Nc1cnc(=O)c2ccccc2n1. The maximum absolute atomic E-state index is 11.3. The Morgan fingerprint density at radius 3 is 2.85 bits per heavy atom. The van der Waals surface area contributed by atoms with Gasteiger partial charge in [0.15, 0.2) is 0 Å². The molecule has 1 aromatic heterocycles. The molecule has 0 atom stereocenters.